The molecule has 7 nitrogen and oxygen atoms in total. The quantitative estimate of drug-likeness (QED) is 0.299. The molecule has 2 aliphatic rings. The molecule has 4 aromatic rings. The number of thiazole rings is 1. The van der Waals surface area contributed by atoms with E-state index in [0.717, 1.165) is 58.5 Å². The van der Waals surface area contributed by atoms with Gasteiger partial charge in [0.1, 0.15) is 11.5 Å². The highest BCUT2D eigenvalue weighted by Gasteiger charge is 2.46. The lowest BCUT2D eigenvalue weighted by atomic mass is 9.77. The molecule has 200 valence electrons. The SMILES string of the molecule is COc1ccc([C@H]2[C@H](C(=O)Nc3nc4ccc(OC)cc4s3)c3ccccc3C(=O)N2C2CCCCC2)cc1. The molecule has 2 atom stereocenters. The molecule has 8 heteroatoms. The molecule has 2 amide bonds. The van der Waals surface area contributed by atoms with Crippen LogP contribution in [0.1, 0.15) is 65.5 Å². The number of hydrogen-bond donors (Lipinski definition) is 1. The van der Waals surface area contributed by atoms with E-state index in [1.165, 1.54) is 17.8 Å². The van der Waals surface area contributed by atoms with E-state index in [1.807, 2.05) is 71.6 Å². The van der Waals surface area contributed by atoms with Crippen molar-refractivity contribution < 1.29 is 19.1 Å². The summed E-state index contributed by atoms with van der Waals surface area (Å²) in [5, 5.41) is 3.63. The number of carbonyl (C=O) groups excluding carboxylic acids is 2. The van der Waals surface area contributed by atoms with Crippen LogP contribution < -0.4 is 14.8 Å². The van der Waals surface area contributed by atoms with Gasteiger partial charge in [-0.2, -0.15) is 0 Å². The molecule has 0 saturated heterocycles. The number of nitrogens with zero attached hydrogens (tertiary/aromatic N) is 2. The number of ether oxygens (including phenoxy) is 2. The van der Waals surface area contributed by atoms with Gasteiger partial charge in [0, 0.05) is 11.6 Å². The van der Waals surface area contributed by atoms with Crippen LogP contribution in [0, 0.1) is 0 Å². The largest absolute Gasteiger partial charge is 0.497 e. The molecule has 1 fully saturated rings. The molecule has 1 aliphatic carbocycles. The predicted molar refractivity (Wildman–Crippen MR) is 153 cm³/mol. The average molecular weight is 542 g/mol. The van der Waals surface area contributed by atoms with Crippen LogP contribution >= 0.6 is 11.3 Å². The smallest absolute Gasteiger partial charge is 0.254 e. The van der Waals surface area contributed by atoms with Crippen molar-refractivity contribution in [1.29, 1.82) is 0 Å². The van der Waals surface area contributed by atoms with Gasteiger partial charge in [-0.15, -0.1) is 0 Å². The number of methoxy groups -OCH3 is 2. The maximum absolute atomic E-state index is 14.2. The summed E-state index contributed by atoms with van der Waals surface area (Å²) < 4.78 is 11.7. The minimum absolute atomic E-state index is 0.00514. The van der Waals surface area contributed by atoms with Crippen LogP contribution in [0.4, 0.5) is 5.13 Å². The lowest BCUT2D eigenvalue weighted by Gasteiger charge is -2.46. The number of fused-ring (bicyclic) bond motifs is 2. The third-order valence-corrected chi connectivity index (χ3v) is 8.84. The number of amides is 2. The van der Waals surface area contributed by atoms with Crippen LogP contribution in [0.3, 0.4) is 0 Å². The van der Waals surface area contributed by atoms with Crippen molar-refractivity contribution >= 4 is 38.5 Å². The highest BCUT2D eigenvalue weighted by atomic mass is 32.1. The van der Waals surface area contributed by atoms with Gasteiger partial charge in [-0.05, 0) is 60.4 Å². The molecular formula is C31H31N3O4S. The lowest BCUT2D eigenvalue weighted by molar-refractivity contribution is -0.119. The van der Waals surface area contributed by atoms with E-state index in [2.05, 4.69) is 10.3 Å². The summed E-state index contributed by atoms with van der Waals surface area (Å²) in [5.74, 6) is 0.690. The zero-order chi connectivity index (χ0) is 26.9. The Kier molecular flexibility index (Phi) is 6.95. The predicted octanol–water partition coefficient (Wildman–Crippen LogP) is 6.57. The first-order valence-corrected chi connectivity index (χ1v) is 14.2. The number of aromatic nitrogens is 1. The number of benzene rings is 3. The average Bonchev–Trinajstić information content (AvgIpc) is 3.38. The summed E-state index contributed by atoms with van der Waals surface area (Å²) in [4.78, 5) is 35.0. The van der Waals surface area contributed by atoms with Gasteiger partial charge in [-0.25, -0.2) is 4.98 Å². The molecule has 2 heterocycles. The van der Waals surface area contributed by atoms with E-state index < -0.39 is 12.0 Å². The Hall–Kier alpha value is -3.91. The Morgan fingerprint density at radius 1 is 0.949 bits per heavy atom. The van der Waals surface area contributed by atoms with Gasteiger partial charge in [-0.3, -0.25) is 9.59 Å². The third-order valence-electron chi connectivity index (χ3n) is 7.91. The molecule has 39 heavy (non-hydrogen) atoms. The second-order valence-corrected chi connectivity index (χ2v) is 11.2. The van der Waals surface area contributed by atoms with Gasteiger partial charge >= 0.3 is 0 Å². The van der Waals surface area contributed by atoms with Gasteiger partial charge in [0.15, 0.2) is 5.13 Å². The van der Waals surface area contributed by atoms with Gasteiger partial charge < -0.3 is 19.7 Å². The number of nitrogens with one attached hydrogen (secondary N) is 1. The molecule has 1 aliphatic heterocycles. The fraction of sp³-hybridized carbons (Fsp3) is 0.323. The normalized spacial score (nSPS) is 19.5. The first-order valence-electron chi connectivity index (χ1n) is 13.4. The van der Waals surface area contributed by atoms with E-state index in [1.54, 1.807) is 14.2 Å². The fourth-order valence-corrected chi connectivity index (χ4v) is 6.92. The zero-order valence-electron chi connectivity index (χ0n) is 22.1. The highest BCUT2D eigenvalue weighted by Crippen LogP contribution is 2.46. The Morgan fingerprint density at radius 2 is 1.67 bits per heavy atom. The van der Waals surface area contributed by atoms with Crippen LogP contribution in [0.25, 0.3) is 10.2 Å². The number of rotatable bonds is 6. The first-order chi connectivity index (χ1) is 19.1. The van der Waals surface area contributed by atoms with Crippen molar-refractivity contribution in [3.8, 4) is 11.5 Å². The van der Waals surface area contributed by atoms with Crippen LogP contribution in [-0.4, -0.2) is 42.0 Å². The summed E-state index contributed by atoms with van der Waals surface area (Å²) in [6, 6.07) is 20.6. The van der Waals surface area contributed by atoms with Crippen molar-refractivity contribution in [2.24, 2.45) is 0 Å². The Morgan fingerprint density at radius 3 is 2.41 bits per heavy atom. The summed E-state index contributed by atoms with van der Waals surface area (Å²) in [6.07, 6.45) is 5.22. The summed E-state index contributed by atoms with van der Waals surface area (Å²) in [7, 11) is 3.26. The monoisotopic (exact) mass is 541 g/mol. The van der Waals surface area contributed by atoms with Gasteiger partial charge in [-0.1, -0.05) is 60.9 Å². The molecular weight excluding hydrogens is 510 g/mol. The van der Waals surface area contributed by atoms with Crippen molar-refractivity contribution in [2.75, 3.05) is 19.5 Å². The summed E-state index contributed by atoms with van der Waals surface area (Å²) in [6.45, 7) is 0. The molecule has 0 radical (unpaired) electrons. The molecule has 1 aromatic heterocycles. The van der Waals surface area contributed by atoms with Gasteiger partial charge in [0.25, 0.3) is 5.91 Å². The van der Waals surface area contributed by atoms with E-state index in [0.29, 0.717) is 10.7 Å². The molecule has 1 N–H and O–H groups in total. The minimum Gasteiger partial charge on any atom is -0.497 e. The zero-order valence-corrected chi connectivity index (χ0v) is 22.9. The Balaban J connectivity index is 1.44. The van der Waals surface area contributed by atoms with Crippen LogP contribution in [0.15, 0.2) is 66.7 Å². The Bertz CT molecular complexity index is 1510. The van der Waals surface area contributed by atoms with Crippen molar-refractivity contribution in [3.63, 3.8) is 0 Å². The highest BCUT2D eigenvalue weighted by molar-refractivity contribution is 7.22. The van der Waals surface area contributed by atoms with E-state index in [9.17, 15) is 9.59 Å². The molecule has 0 spiro atoms. The van der Waals surface area contributed by atoms with Gasteiger partial charge in [0.2, 0.25) is 5.91 Å². The lowest BCUT2D eigenvalue weighted by Crippen LogP contribution is -2.51. The van der Waals surface area contributed by atoms with Crippen molar-refractivity contribution in [2.45, 2.75) is 50.1 Å². The van der Waals surface area contributed by atoms with E-state index in [-0.39, 0.29) is 17.9 Å². The molecule has 0 bridgehead atoms. The number of hydrogen-bond acceptors (Lipinski definition) is 6. The second-order valence-electron chi connectivity index (χ2n) is 10.1. The Labute approximate surface area is 231 Å². The molecule has 0 unspecified atom stereocenters. The molecule has 1 saturated carbocycles. The maximum atomic E-state index is 14.2. The minimum atomic E-state index is -0.601. The van der Waals surface area contributed by atoms with Crippen LogP contribution in [-0.2, 0) is 4.79 Å². The topological polar surface area (TPSA) is 80.8 Å². The van der Waals surface area contributed by atoms with Crippen molar-refractivity contribution in [3.05, 3.63) is 83.4 Å². The summed E-state index contributed by atoms with van der Waals surface area (Å²) in [5.41, 5.74) is 3.06. The third kappa shape index (κ3) is 4.74. The number of anilines is 1. The number of carbonyl (C=O) groups is 2. The van der Waals surface area contributed by atoms with E-state index >= 15 is 0 Å². The van der Waals surface area contributed by atoms with Gasteiger partial charge in [0.05, 0.1) is 36.4 Å². The van der Waals surface area contributed by atoms with E-state index in [4.69, 9.17) is 9.47 Å². The maximum Gasteiger partial charge on any atom is 0.254 e. The van der Waals surface area contributed by atoms with Crippen LogP contribution in [0.5, 0.6) is 11.5 Å². The van der Waals surface area contributed by atoms with Crippen molar-refractivity contribution in [1.82, 2.24) is 9.88 Å². The fourth-order valence-electron chi connectivity index (χ4n) is 6.02. The molecule has 3 aromatic carbocycles. The standard InChI is InChI=1S/C31H31N3O4S/c1-37-21-14-12-19(13-15-21)28-27(29(35)33-31-32-25-17-16-22(38-2)18-26(25)39-31)23-10-6-7-11-24(23)30(36)34(28)20-8-4-3-5-9-20/h6-7,10-18,20,27-28H,3-5,8-9H2,1-2H3,(H,32,33,35)/t27-,28+/m1/s1. The first kappa shape index (κ1) is 25.4. The van der Waals surface area contributed by atoms with Crippen LogP contribution in [0.2, 0.25) is 0 Å². The molecule has 6 rings (SSSR count). The summed E-state index contributed by atoms with van der Waals surface area (Å²) >= 11 is 1.41. The second kappa shape index (κ2) is 10.7.